The summed E-state index contributed by atoms with van der Waals surface area (Å²) in [7, 11) is 0. The Morgan fingerprint density at radius 1 is 0.648 bits per heavy atom. The minimum Gasteiger partial charge on any atom is -0.466 e. The highest BCUT2D eigenvalue weighted by atomic mass is 16.5. The summed E-state index contributed by atoms with van der Waals surface area (Å²) < 4.78 is 11.7. The molecule has 0 spiro atoms. The minimum atomic E-state index is -0.441. The molecule has 3 saturated carbocycles. The Morgan fingerprint density at radius 2 is 1.24 bits per heavy atom. The van der Waals surface area contributed by atoms with Crippen LogP contribution in [0.5, 0.6) is 0 Å². The summed E-state index contributed by atoms with van der Waals surface area (Å²) in [6.45, 7) is 17.9. The monoisotopic (exact) mass is 996 g/mol. The number of carbonyl (C=O) groups is 2. The Bertz CT molecular complexity index is 1430. The zero-order chi connectivity index (χ0) is 51.2. The average molecular weight is 997 g/mol. The molecule has 4 rings (SSSR count). The number of unbranched alkanes of at least 4 members (excludes halogenated alkanes) is 21. The number of rotatable bonds is 42. The lowest BCUT2D eigenvalue weighted by atomic mass is 9.47. The molecular formula is C64H117NO6. The molecule has 7 nitrogen and oxygen atoms in total. The quantitative estimate of drug-likeness (QED) is 0.0357. The van der Waals surface area contributed by atoms with Crippen LogP contribution in [0.2, 0.25) is 0 Å². The van der Waals surface area contributed by atoms with Gasteiger partial charge in [0, 0.05) is 32.4 Å². The van der Waals surface area contributed by atoms with Crippen LogP contribution in [0.1, 0.15) is 292 Å². The number of hydrogen-bond donors (Lipinski definition) is 2. The summed E-state index contributed by atoms with van der Waals surface area (Å²) in [5.74, 6) is 4.88. The first-order valence-corrected chi connectivity index (χ1v) is 31.5. The highest BCUT2D eigenvalue weighted by Gasteiger charge is 2.59. The van der Waals surface area contributed by atoms with Crippen molar-refractivity contribution in [2.24, 2.45) is 46.3 Å². The number of esters is 2. The number of hydrogen-bond acceptors (Lipinski definition) is 7. The van der Waals surface area contributed by atoms with Crippen LogP contribution in [0, 0.1) is 46.3 Å². The molecule has 414 valence electrons. The Hall–Kier alpha value is -1.44. The Morgan fingerprint density at radius 3 is 1.87 bits per heavy atom. The maximum atomic E-state index is 13.2. The van der Waals surface area contributed by atoms with E-state index >= 15 is 0 Å². The van der Waals surface area contributed by atoms with Gasteiger partial charge >= 0.3 is 11.9 Å². The molecule has 9 atom stereocenters. The average Bonchev–Trinajstić information content (AvgIpc) is 3.70. The molecule has 0 bridgehead atoms. The molecule has 0 radical (unpaired) electrons. The standard InChI is InChI=1S/C64H117NO6/c1-7-8-9-10-11-12-13-14-15-16-17-18-19-20-21-22-23-31-49-70-61(68)36-27-26-35-55(67)51-65(47-29-30-48-66)46-28-24-25-37-62(69)71-56-42-44-63(5)54(50-56)38-39-57-59-41-40-58(53(4)34-32-33-52(2)3)64(59,6)45-43-60(57)63/h38,52-53,55-60,66-67H,7-37,39-51H2,1-6H3. The molecule has 71 heavy (non-hydrogen) atoms. The number of aliphatic hydroxyl groups excluding tert-OH is 2. The Balaban J connectivity index is 1.000. The first-order chi connectivity index (χ1) is 34.4. The number of ether oxygens (including phenoxy) is 2. The topological polar surface area (TPSA) is 96.3 Å². The van der Waals surface area contributed by atoms with Crippen molar-refractivity contribution in [1.29, 1.82) is 0 Å². The largest absolute Gasteiger partial charge is 0.466 e. The van der Waals surface area contributed by atoms with Crippen molar-refractivity contribution in [2.45, 2.75) is 304 Å². The molecule has 4 aliphatic rings. The predicted octanol–water partition coefficient (Wildman–Crippen LogP) is 17.1. The van der Waals surface area contributed by atoms with Crippen LogP contribution >= 0.6 is 0 Å². The minimum absolute atomic E-state index is 0.0206. The third-order valence-electron chi connectivity index (χ3n) is 19.2. The molecule has 9 unspecified atom stereocenters. The van der Waals surface area contributed by atoms with Crippen LogP contribution in [-0.4, -0.2) is 72.1 Å². The van der Waals surface area contributed by atoms with Gasteiger partial charge in [-0.15, -0.1) is 0 Å². The van der Waals surface area contributed by atoms with E-state index < -0.39 is 6.10 Å². The highest BCUT2D eigenvalue weighted by molar-refractivity contribution is 5.69. The summed E-state index contributed by atoms with van der Waals surface area (Å²) in [5.41, 5.74) is 2.37. The number of nitrogens with zero attached hydrogens (tertiary/aromatic N) is 1. The lowest BCUT2D eigenvalue weighted by Gasteiger charge is -2.58. The first kappa shape index (κ1) is 62.1. The van der Waals surface area contributed by atoms with Gasteiger partial charge in [-0.2, -0.15) is 0 Å². The van der Waals surface area contributed by atoms with E-state index in [9.17, 15) is 19.8 Å². The highest BCUT2D eigenvalue weighted by Crippen LogP contribution is 2.67. The molecule has 0 aromatic heterocycles. The molecule has 2 N–H and O–H groups in total. The molecule has 4 aliphatic carbocycles. The second-order valence-corrected chi connectivity index (χ2v) is 25.3. The van der Waals surface area contributed by atoms with E-state index in [0.717, 1.165) is 126 Å². The summed E-state index contributed by atoms with van der Waals surface area (Å²) in [6.07, 6.45) is 48.1. The molecule has 0 aromatic rings. The van der Waals surface area contributed by atoms with Crippen LogP contribution in [-0.2, 0) is 19.1 Å². The van der Waals surface area contributed by atoms with Gasteiger partial charge in [0.1, 0.15) is 6.10 Å². The molecule has 0 saturated heterocycles. The maximum Gasteiger partial charge on any atom is 0.306 e. The molecule has 0 heterocycles. The van der Waals surface area contributed by atoms with E-state index in [-0.39, 0.29) is 30.1 Å². The van der Waals surface area contributed by atoms with Crippen molar-refractivity contribution in [3.05, 3.63) is 11.6 Å². The van der Waals surface area contributed by atoms with Crippen LogP contribution in [0.15, 0.2) is 11.6 Å². The molecular weight excluding hydrogens is 879 g/mol. The summed E-state index contributed by atoms with van der Waals surface area (Å²) >= 11 is 0. The fourth-order valence-electron chi connectivity index (χ4n) is 14.8. The zero-order valence-electron chi connectivity index (χ0n) is 47.8. The fraction of sp³-hybridized carbons (Fsp3) is 0.938. The third-order valence-corrected chi connectivity index (χ3v) is 19.2. The van der Waals surface area contributed by atoms with Crippen molar-refractivity contribution in [1.82, 2.24) is 4.90 Å². The predicted molar refractivity (Wildman–Crippen MR) is 298 cm³/mol. The van der Waals surface area contributed by atoms with Gasteiger partial charge < -0.3 is 24.6 Å². The van der Waals surface area contributed by atoms with E-state index in [2.05, 4.69) is 52.5 Å². The van der Waals surface area contributed by atoms with Crippen molar-refractivity contribution in [3.63, 3.8) is 0 Å². The van der Waals surface area contributed by atoms with Crippen LogP contribution in [0.4, 0.5) is 0 Å². The fourth-order valence-corrected chi connectivity index (χ4v) is 14.8. The lowest BCUT2D eigenvalue weighted by Crippen LogP contribution is -2.51. The Kier molecular flexibility index (Phi) is 31.3. The number of fused-ring (bicyclic) bond motifs is 5. The molecule has 0 aromatic carbocycles. The molecule has 7 heteroatoms. The van der Waals surface area contributed by atoms with E-state index in [1.165, 1.54) is 154 Å². The number of allylic oxidation sites excluding steroid dienone is 1. The molecule has 0 amide bonds. The van der Waals surface area contributed by atoms with Crippen molar-refractivity contribution in [3.8, 4) is 0 Å². The van der Waals surface area contributed by atoms with Gasteiger partial charge in [0.2, 0.25) is 0 Å². The summed E-state index contributed by atoms with van der Waals surface area (Å²) in [5, 5.41) is 20.3. The summed E-state index contributed by atoms with van der Waals surface area (Å²) in [6, 6.07) is 0. The van der Waals surface area contributed by atoms with E-state index in [1.807, 2.05) is 0 Å². The van der Waals surface area contributed by atoms with Crippen LogP contribution in [0.3, 0.4) is 0 Å². The smallest absolute Gasteiger partial charge is 0.306 e. The maximum absolute atomic E-state index is 13.2. The lowest BCUT2D eigenvalue weighted by molar-refractivity contribution is -0.151. The third kappa shape index (κ3) is 22.7. The summed E-state index contributed by atoms with van der Waals surface area (Å²) in [4.78, 5) is 27.8. The van der Waals surface area contributed by atoms with Gasteiger partial charge in [-0.25, -0.2) is 0 Å². The van der Waals surface area contributed by atoms with Gasteiger partial charge in [0.05, 0.1) is 12.7 Å². The van der Waals surface area contributed by atoms with Crippen LogP contribution in [0.25, 0.3) is 0 Å². The molecule has 3 fully saturated rings. The molecule has 0 aliphatic heterocycles. The van der Waals surface area contributed by atoms with Crippen LogP contribution < -0.4 is 0 Å². The SMILES string of the molecule is CCCCCCCCCCCCCCCCCCCCOC(=O)CCCCC(O)CN(CCCCO)CCCCCC(=O)OC1CCC2(C)C(=CCC3C2CCC2(C)C(C(C)CCCC(C)C)CCC32)C1. The second-order valence-electron chi connectivity index (χ2n) is 25.3. The number of carbonyl (C=O) groups excluding carboxylic acids is 2. The van der Waals surface area contributed by atoms with E-state index in [4.69, 9.17) is 9.47 Å². The Labute approximate surface area is 439 Å². The van der Waals surface area contributed by atoms with Gasteiger partial charge in [-0.05, 0) is 149 Å². The second kappa shape index (κ2) is 35.7. The zero-order valence-corrected chi connectivity index (χ0v) is 47.8. The van der Waals surface area contributed by atoms with Crippen molar-refractivity contribution >= 4 is 11.9 Å². The van der Waals surface area contributed by atoms with Crippen molar-refractivity contribution in [2.75, 3.05) is 32.8 Å². The van der Waals surface area contributed by atoms with Gasteiger partial charge in [0.15, 0.2) is 0 Å². The van der Waals surface area contributed by atoms with Crippen molar-refractivity contribution < 1.29 is 29.3 Å². The van der Waals surface area contributed by atoms with E-state index in [0.29, 0.717) is 37.8 Å². The van der Waals surface area contributed by atoms with Gasteiger partial charge in [-0.1, -0.05) is 194 Å². The van der Waals surface area contributed by atoms with Gasteiger partial charge in [-0.3, -0.25) is 9.59 Å². The first-order valence-electron chi connectivity index (χ1n) is 31.5. The number of aliphatic hydroxyl groups is 2. The van der Waals surface area contributed by atoms with E-state index in [1.54, 1.807) is 5.57 Å². The van der Waals surface area contributed by atoms with Gasteiger partial charge in [0.25, 0.3) is 0 Å². The normalized spacial score (nSPS) is 25.9.